The van der Waals surface area contributed by atoms with Crippen LogP contribution in [0.3, 0.4) is 0 Å². The quantitative estimate of drug-likeness (QED) is 0.473. The second-order valence-electron chi connectivity index (χ2n) is 5.73. The van der Waals surface area contributed by atoms with Gasteiger partial charge in [-0.1, -0.05) is 29.8 Å². The molecule has 2 N–H and O–H groups in total. The zero-order valence-electron chi connectivity index (χ0n) is 13.3. The Labute approximate surface area is 158 Å². The highest BCUT2D eigenvalue weighted by Crippen LogP contribution is 2.42. The number of rotatable bonds is 2. The van der Waals surface area contributed by atoms with Crippen LogP contribution < -0.4 is 5.73 Å². The molecular formula is C20H11ClFN3S. The van der Waals surface area contributed by atoms with E-state index in [1.54, 1.807) is 24.4 Å². The number of nitriles is 1. The van der Waals surface area contributed by atoms with Crippen molar-refractivity contribution in [3.63, 3.8) is 0 Å². The summed E-state index contributed by atoms with van der Waals surface area (Å²) in [5.41, 5.74) is 10.2. The maximum absolute atomic E-state index is 13.5. The molecule has 4 rings (SSSR count). The van der Waals surface area contributed by atoms with Crippen molar-refractivity contribution in [2.75, 3.05) is 5.73 Å². The molecule has 0 radical (unpaired) electrons. The summed E-state index contributed by atoms with van der Waals surface area (Å²) in [4.78, 5) is 4.33. The Kier molecular flexibility index (Phi) is 4.08. The molecule has 0 aliphatic rings. The molecule has 3 nitrogen and oxygen atoms in total. The zero-order valence-corrected chi connectivity index (χ0v) is 14.9. The van der Waals surface area contributed by atoms with Crippen molar-refractivity contribution >= 4 is 38.8 Å². The molecule has 4 aromatic rings. The molecule has 0 saturated carbocycles. The summed E-state index contributed by atoms with van der Waals surface area (Å²) in [6.07, 6.45) is 1.71. The lowest BCUT2D eigenvalue weighted by Gasteiger charge is -2.07. The average Bonchev–Trinajstić information content (AvgIpc) is 3.10. The Morgan fingerprint density at radius 2 is 1.92 bits per heavy atom. The topological polar surface area (TPSA) is 62.7 Å². The molecule has 26 heavy (non-hydrogen) atoms. The van der Waals surface area contributed by atoms with Crippen LogP contribution in [0, 0.1) is 17.1 Å². The van der Waals surface area contributed by atoms with Crippen molar-refractivity contribution in [3.8, 4) is 28.3 Å². The minimum absolute atomic E-state index is 0.0613. The highest BCUT2D eigenvalue weighted by Gasteiger charge is 2.16. The van der Waals surface area contributed by atoms with Crippen molar-refractivity contribution in [1.29, 1.82) is 5.26 Å². The highest BCUT2D eigenvalue weighted by atomic mass is 35.5. The van der Waals surface area contributed by atoms with Crippen molar-refractivity contribution in [3.05, 3.63) is 70.4 Å². The number of thiophene rings is 1. The van der Waals surface area contributed by atoms with Gasteiger partial charge in [0, 0.05) is 27.4 Å². The second-order valence-corrected chi connectivity index (χ2v) is 7.02. The van der Waals surface area contributed by atoms with Crippen LogP contribution in [-0.2, 0) is 0 Å². The number of aromatic nitrogens is 1. The lowest BCUT2D eigenvalue weighted by molar-refractivity contribution is 0.628. The van der Waals surface area contributed by atoms with Gasteiger partial charge in [0.1, 0.15) is 11.6 Å². The molecule has 2 heterocycles. The first-order valence-electron chi connectivity index (χ1n) is 7.70. The van der Waals surface area contributed by atoms with Gasteiger partial charge >= 0.3 is 0 Å². The molecule has 0 fully saturated rings. The van der Waals surface area contributed by atoms with E-state index in [0.29, 0.717) is 11.4 Å². The number of nitrogens with two attached hydrogens (primary N) is 1. The Balaban J connectivity index is 1.96. The van der Waals surface area contributed by atoms with E-state index in [9.17, 15) is 4.39 Å². The van der Waals surface area contributed by atoms with Gasteiger partial charge in [-0.2, -0.15) is 5.26 Å². The summed E-state index contributed by atoms with van der Waals surface area (Å²) in [6.45, 7) is 0. The predicted molar refractivity (Wildman–Crippen MR) is 105 cm³/mol. The van der Waals surface area contributed by atoms with Crippen LogP contribution in [0.4, 0.5) is 10.2 Å². The molecule has 126 valence electrons. The molecule has 6 heteroatoms. The Morgan fingerprint density at radius 1 is 1.12 bits per heavy atom. The SMILES string of the molecule is N#Cc1cccc(-c2cnc(N)c3c(-c4ccc(F)c(Cl)c4)csc23)c1. The van der Waals surface area contributed by atoms with Crippen LogP contribution >= 0.6 is 22.9 Å². The fraction of sp³-hybridized carbons (Fsp3) is 0. The van der Waals surface area contributed by atoms with E-state index in [-0.39, 0.29) is 5.02 Å². The molecule has 2 aromatic carbocycles. The smallest absolute Gasteiger partial charge is 0.141 e. The van der Waals surface area contributed by atoms with Gasteiger partial charge in [-0.05, 0) is 40.8 Å². The predicted octanol–water partition coefficient (Wildman–Crippen LogP) is 5.88. The first kappa shape index (κ1) is 16.5. The van der Waals surface area contributed by atoms with Crippen LogP contribution in [0.2, 0.25) is 5.02 Å². The second kappa shape index (κ2) is 6.41. The van der Waals surface area contributed by atoms with Gasteiger partial charge in [0.2, 0.25) is 0 Å². The lowest BCUT2D eigenvalue weighted by Crippen LogP contribution is -1.93. The number of anilines is 1. The summed E-state index contributed by atoms with van der Waals surface area (Å²) in [5, 5.41) is 12.0. The van der Waals surface area contributed by atoms with Gasteiger partial charge in [0.05, 0.1) is 16.7 Å². The Bertz CT molecular complexity index is 1190. The van der Waals surface area contributed by atoms with Gasteiger partial charge in [0.15, 0.2) is 0 Å². The molecule has 2 aromatic heterocycles. The lowest BCUT2D eigenvalue weighted by atomic mass is 10.0. The number of halogens is 2. The van der Waals surface area contributed by atoms with Crippen molar-refractivity contribution < 1.29 is 4.39 Å². The standard InChI is InChI=1S/C20H11ClFN3S/c21-16-7-13(4-5-17(16)22)15-10-26-19-14(9-25-20(24)18(15)19)12-3-1-2-11(6-12)8-23/h1-7,9-10H,(H2,24,25). The molecule has 0 spiro atoms. The molecular weight excluding hydrogens is 369 g/mol. The third-order valence-corrected chi connectivity index (χ3v) is 5.46. The number of hydrogen-bond donors (Lipinski definition) is 1. The van der Waals surface area contributed by atoms with Gasteiger partial charge in [-0.15, -0.1) is 11.3 Å². The van der Waals surface area contributed by atoms with Crippen molar-refractivity contribution in [1.82, 2.24) is 4.98 Å². The third-order valence-electron chi connectivity index (χ3n) is 4.16. The van der Waals surface area contributed by atoms with E-state index in [1.807, 2.05) is 23.6 Å². The first-order valence-corrected chi connectivity index (χ1v) is 8.96. The number of pyridine rings is 1. The normalized spacial score (nSPS) is 10.8. The molecule has 0 saturated heterocycles. The highest BCUT2D eigenvalue weighted by molar-refractivity contribution is 7.18. The van der Waals surface area contributed by atoms with Crippen molar-refractivity contribution in [2.45, 2.75) is 0 Å². The summed E-state index contributed by atoms with van der Waals surface area (Å²) in [5.74, 6) is -0.0630. The minimum Gasteiger partial charge on any atom is -0.383 e. The van der Waals surface area contributed by atoms with Crippen LogP contribution in [-0.4, -0.2) is 4.98 Å². The van der Waals surface area contributed by atoms with Gasteiger partial charge < -0.3 is 5.73 Å². The zero-order chi connectivity index (χ0) is 18.3. The van der Waals surface area contributed by atoms with E-state index in [4.69, 9.17) is 22.6 Å². The molecule has 0 aliphatic heterocycles. The van der Waals surface area contributed by atoms with Crippen LogP contribution in [0.5, 0.6) is 0 Å². The number of nitrogen functional groups attached to an aromatic ring is 1. The van der Waals surface area contributed by atoms with E-state index in [1.165, 1.54) is 17.4 Å². The van der Waals surface area contributed by atoms with Gasteiger partial charge in [-0.3, -0.25) is 0 Å². The summed E-state index contributed by atoms with van der Waals surface area (Å²) in [6, 6.07) is 14.1. The maximum atomic E-state index is 13.5. The van der Waals surface area contributed by atoms with Crippen LogP contribution in [0.25, 0.3) is 32.3 Å². The fourth-order valence-electron chi connectivity index (χ4n) is 2.91. The number of hydrogen-bond acceptors (Lipinski definition) is 4. The number of nitrogens with zero attached hydrogens (tertiary/aromatic N) is 2. The minimum atomic E-state index is -0.463. The van der Waals surface area contributed by atoms with Crippen LogP contribution in [0.15, 0.2) is 54.0 Å². The van der Waals surface area contributed by atoms with E-state index in [2.05, 4.69) is 11.1 Å². The molecule has 0 amide bonds. The average molecular weight is 380 g/mol. The van der Waals surface area contributed by atoms with Crippen molar-refractivity contribution in [2.24, 2.45) is 0 Å². The Morgan fingerprint density at radius 3 is 2.69 bits per heavy atom. The fourth-order valence-corrected chi connectivity index (χ4v) is 4.21. The monoisotopic (exact) mass is 379 g/mol. The third kappa shape index (κ3) is 2.70. The first-order chi connectivity index (χ1) is 12.6. The van der Waals surface area contributed by atoms with Gasteiger partial charge in [-0.25, -0.2) is 9.37 Å². The summed E-state index contributed by atoms with van der Waals surface area (Å²) >= 11 is 7.46. The molecule has 0 atom stereocenters. The summed E-state index contributed by atoms with van der Waals surface area (Å²) in [7, 11) is 0. The van der Waals surface area contributed by atoms with E-state index in [0.717, 1.165) is 32.3 Å². The molecule has 0 aliphatic carbocycles. The maximum Gasteiger partial charge on any atom is 0.141 e. The number of benzene rings is 2. The largest absolute Gasteiger partial charge is 0.383 e. The Hall–Kier alpha value is -2.94. The summed E-state index contributed by atoms with van der Waals surface area (Å²) < 4.78 is 14.5. The molecule has 0 unspecified atom stereocenters. The van der Waals surface area contributed by atoms with Gasteiger partial charge in [0.25, 0.3) is 0 Å². The van der Waals surface area contributed by atoms with Crippen LogP contribution in [0.1, 0.15) is 5.56 Å². The van der Waals surface area contributed by atoms with E-state index < -0.39 is 5.82 Å². The van der Waals surface area contributed by atoms with E-state index >= 15 is 0 Å². The number of fused-ring (bicyclic) bond motifs is 1. The molecule has 0 bridgehead atoms.